The van der Waals surface area contributed by atoms with Gasteiger partial charge in [-0.1, -0.05) is 48.5 Å². The average molecular weight is 431 g/mol. The summed E-state index contributed by atoms with van der Waals surface area (Å²) in [5, 5.41) is 11.8. The lowest BCUT2D eigenvalue weighted by molar-refractivity contribution is 0.0621. The zero-order chi connectivity index (χ0) is 21.0. The second kappa shape index (κ2) is 8.79. The first-order valence-electron chi connectivity index (χ1n) is 10.3. The molecule has 0 radical (unpaired) electrons. The number of nitrogens with zero attached hydrogens (tertiary/aromatic N) is 6. The zero-order valence-corrected chi connectivity index (χ0v) is 17.8. The van der Waals surface area contributed by atoms with E-state index >= 15 is 0 Å². The molecule has 1 fully saturated rings. The second-order valence-corrected chi connectivity index (χ2v) is 8.29. The van der Waals surface area contributed by atoms with Crippen LogP contribution < -0.4 is 0 Å². The van der Waals surface area contributed by atoms with E-state index in [-0.39, 0.29) is 5.91 Å². The van der Waals surface area contributed by atoms with Crippen molar-refractivity contribution in [3.05, 3.63) is 83.6 Å². The minimum absolute atomic E-state index is 0.0677. The van der Waals surface area contributed by atoms with Gasteiger partial charge in [0.25, 0.3) is 5.91 Å². The molecule has 1 aliphatic heterocycles. The Morgan fingerprint density at radius 3 is 2.39 bits per heavy atom. The summed E-state index contributed by atoms with van der Waals surface area (Å²) in [7, 11) is 0. The number of carbonyl (C=O) groups is 1. The Hall–Kier alpha value is -3.36. The summed E-state index contributed by atoms with van der Waals surface area (Å²) in [6.07, 6.45) is 1.54. The van der Waals surface area contributed by atoms with Crippen molar-refractivity contribution < 1.29 is 4.79 Å². The molecule has 31 heavy (non-hydrogen) atoms. The molecule has 8 heteroatoms. The third-order valence-electron chi connectivity index (χ3n) is 5.32. The predicted molar refractivity (Wildman–Crippen MR) is 120 cm³/mol. The Balaban J connectivity index is 1.17. The number of thiazole rings is 1. The van der Waals surface area contributed by atoms with Gasteiger partial charge in [-0.25, -0.2) is 4.98 Å². The van der Waals surface area contributed by atoms with E-state index in [1.807, 2.05) is 53.4 Å². The van der Waals surface area contributed by atoms with Crippen LogP contribution in [0.15, 0.2) is 72.2 Å². The molecule has 0 bridgehead atoms. The summed E-state index contributed by atoms with van der Waals surface area (Å²) in [4.78, 5) is 23.3. The van der Waals surface area contributed by atoms with E-state index in [1.165, 1.54) is 4.80 Å². The Morgan fingerprint density at radius 1 is 0.935 bits per heavy atom. The van der Waals surface area contributed by atoms with Gasteiger partial charge >= 0.3 is 0 Å². The van der Waals surface area contributed by atoms with E-state index in [1.54, 1.807) is 17.5 Å². The molecule has 156 valence electrons. The third kappa shape index (κ3) is 4.40. The standard InChI is InChI=1S/C23H22N6OS/c30-23(21-15-24-29(26-21)20-9-5-2-6-10-20)28-13-11-27(12-14-28)16-19-17-31-22(25-19)18-7-3-1-4-8-18/h1-10,15,17H,11-14,16H2. The first-order chi connectivity index (χ1) is 15.3. The van der Waals surface area contributed by atoms with Crippen molar-refractivity contribution in [2.24, 2.45) is 0 Å². The monoisotopic (exact) mass is 430 g/mol. The summed E-state index contributed by atoms with van der Waals surface area (Å²) < 4.78 is 0. The number of piperazine rings is 1. The van der Waals surface area contributed by atoms with Gasteiger partial charge in [-0.3, -0.25) is 9.69 Å². The molecule has 1 amide bonds. The molecule has 5 rings (SSSR count). The number of aromatic nitrogens is 4. The van der Waals surface area contributed by atoms with E-state index < -0.39 is 0 Å². The van der Waals surface area contributed by atoms with Crippen molar-refractivity contribution >= 4 is 17.2 Å². The fourth-order valence-electron chi connectivity index (χ4n) is 3.64. The second-order valence-electron chi connectivity index (χ2n) is 7.43. The molecule has 0 spiro atoms. The molecule has 1 saturated heterocycles. The lowest BCUT2D eigenvalue weighted by Crippen LogP contribution is -2.48. The Bertz CT molecular complexity index is 1150. The maximum absolute atomic E-state index is 12.9. The lowest BCUT2D eigenvalue weighted by Gasteiger charge is -2.33. The van der Waals surface area contributed by atoms with E-state index in [2.05, 4.69) is 32.6 Å². The van der Waals surface area contributed by atoms with Crippen molar-refractivity contribution in [3.63, 3.8) is 0 Å². The highest BCUT2D eigenvalue weighted by Gasteiger charge is 2.24. The maximum atomic E-state index is 12.9. The quantitative estimate of drug-likeness (QED) is 0.486. The fourth-order valence-corrected chi connectivity index (χ4v) is 4.46. The van der Waals surface area contributed by atoms with Gasteiger partial charge in [-0.2, -0.15) is 9.90 Å². The smallest absolute Gasteiger partial charge is 0.276 e. The number of para-hydroxylation sites is 1. The molecule has 7 nitrogen and oxygen atoms in total. The largest absolute Gasteiger partial charge is 0.335 e. The van der Waals surface area contributed by atoms with Crippen LogP contribution >= 0.6 is 11.3 Å². The zero-order valence-electron chi connectivity index (χ0n) is 17.0. The summed E-state index contributed by atoms with van der Waals surface area (Å²) in [5.41, 5.74) is 3.45. The molecule has 4 aromatic rings. The lowest BCUT2D eigenvalue weighted by atomic mass is 10.2. The van der Waals surface area contributed by atoms with Crippen molar-refractivity contribution in [2.75, 3.05) is 26.2 Å². The van der Waals surface area contributed by atoms with E-state index in [0.717, 1.165) is 41.6 Å². The summed E-state index contributed by atoms with van der Waals surface area (Å²) in [6, 6.07) is 19.9. The van der Waals surface area contributed by atoms with Gasteiger partial charge in [-0.05, 0) is 12.1 Å². The molecule has 0 atom stereocenters. The highest BCUT2D eigenvalue weighted by Crippen LogP contribution is 2.24. The van der Waals surface area contributed by atoms with Crippen LogP contribution in [0.3, 0.4) is 0 Å². The minimum atomic E-state index is -0.0677. The summed E-state index contributed by atoms with van der Waals surface area (Å²) in [5.74, 6) is -0.0677. The molecule has 0 unspecified atom stereocenters. The van der Waals surface area contributed by atoms with Crippen LogP contribution in [0.2, 0.25) is 0 Å². The van der Waals surface area contributed by atoms with Crippen molar-refractivity contribution in [2.45, 2.75) is 6.54 Å². The normalized spacial score (nSPS) is 14.6. The summed E-state index contributed by atoms with van der Waals surface area (Å²) >= 11 is 1.67. The Morgan fingerprint density at radius 2 is 1.65 bits per heavy atom. The molecule has 0 N–H and O–H groups in total. The number of carbonyl (C=O) groups excluding carboxylic acids is 1. The van der Waals surface area contributed by atoms with Gasteiger partial charge in [0.1, 0.15) is 5.01 Å². The first-order valence-corrected chi connectivity index (χ1v) is 11.1. The van der Waals surface area contributed by atoms with Gasteiger partial charge < -0.3 is 4.90 Å². The highest BCUT2D eigenvalue weighted by atomic mass is 32.1. The number of rotatable bonds is 5. The minimum Gasteiger partial charge on any atom is -0.335 e. The Labute approximate surface area is 184 Å². The fraction of sp³-hybridized carbons (Fsp3) is 0.217. The average Bonchev–Trinajstić information content (AvgIpc) is 3.51. The number of hydrogen-bond donors (Lipinski definition) is 0. The van der Waals surface area contributed by atoms with Gasteiger partial charge in [0, 0.05) is 43.7 Å². The van der Waals surface area contributed by atoms with E-state index in [0.29, 0.717) is 18.8 Å². The van der Waals surface area contributed by atoms with E-state index in [9.17, 15) is 4.79 Å². The number of benzene rings is 2. The molecule has 2 aromatic heterocycles. The van der Waals surface area contributed by atoms with Crippen molar-refractivity contribution in [1.29, 1.82) is 0 Å². The topological polar surface area (TPSA) is 67.2 Å². The number of amides is 1. The molecular formula is C23H22N6OS. The van der Waals surface area contributed by atoms with Gasteiger partial charge in [0.2, 0.25) is 0 Å². The molecule has 1 aliphatic rings. The molecule has 3 heterocycles. The maximum Gasteiger partial charge on any atom is 0.276 e. The highest BCUT2D eigenvalue weighted by molar-refractivity contribution is 7.13. The van der Waals surface area contributed by atoms with Crippen LogP contribution in [-0.2, 0) is 6.54 Å². The van der Waals surface area contributed by atoms with Gasteiger partial charge in [-0.15, -0.1) is 16.4 Å². The molecule has 0 aliphatic carbocycles. The van der Waals surface area contributed by atoms with Crippen molar-refractivity contribution in [1.82, 2.24) is 29.8 Å². The predicted octanol–water partition coefficient (Wildman–Crippen LogP) is 3.35. The van der Waals surface area contributed by atoms with Gasteiger partial charge in [0.15, 0.2) is 5.69 Å². The molecule has 2 aromatic carbocycles. The molecule has 0 saturated carbocycles. The van der Waals surface area contributed by atoms with Crippen LogP contribution in [-0.4, -0.2) is 61.9 Å². The van der Waals surface area contributed by atoms with Crippen molar-refractivity contribution in [3.8, 4) is 16.3 Å². The van der Waals surface area contributed by atoms with Gasteiger partial charge in [0.05, 0.1) is 17.6 Å². The van der Waals surface area contributed by atoms with Crippen LogP contribution in [0.25, 0.3) is 16.3 Å². The van der Waals surface area contributed by atoms with E-state index in [4.69, 9.17) is 4.98 Å². The number of hydrogen-bond acceptors (Lipinski definition) is 6. The molecular weight excluding hydrogens is 408 g/mol. The Kier molecular flexibility index (Phi) is 5.56. The van der Waals surface area contributed by atoms with Crippen LogP contribution in [0.4, 0.5) is 0 Å². The van der Waals surface area contributed by atoms with Crippen LogP contribution in [0.1, 0.15) is 16.2 Å². The van der Waals surface area contributed by atoms with Crippen LogP contribution in [0.5, 0.6) is 0 Å². The summed E-state index contributed by atoms with van der Waals surface area (Å²) in [6.45, 7) is 3.78. The van der Waals surface area contributed by atoms with Crippen LogP contribution in [0, 0.1) is 0 Å². The first kappa shape index (κ1) is 19.6. The SMILES string of the molecule is O=C(c1cnn(-c2ccccc2)n1)N1CCN(Cc2csc(-c3ccccc3)n2)CC1. The third-order valence-corrected chi connectivity index (χ3v) is 6.26.